The van der Waals surface area contributed by atoms with E-state index in [1.807, 2.05) is 40.6 Å². The number of hydrogen-bond acceptors (Lipinski definition) is 5. The van der Waals surface area contributed by atoms with E-state index in [1.54, 1.807) is 17.4 Å². The Morgan fingerprint density at radius 3 is 2.88 bits per heavy atom. The molecule has 0 radical (unpaired) electrons. The smallest absolute Gasteiger partial charge is 0.260 e. The number of carbonyl (C=O) groups is 2. The zero-order chi connectivity index (χ0) is 16.9. The average Bonchev–Trinajstić information content (AvgIpc) is 3.08. The molecule has 6 nitrogen and oxygen atoms in total. The first-order valence-corrected chi connectivity index (χ1v) is 8.60. The van der Waals surface area contributed by atoms with E-state index in [0.717, 1.165) is 12.1 Å². The van der Waals surface area contributed by atoms with Crippen molar-refractivity contribution >= 4 is 28.8 Å². The molecular weight excluding hydrogens is 326 g/mol. The Labute approximate surface area is 144 Å². The summed E-state index contributed by atoms with van der Waals surface area (Å²) in [5.74, 6) is -0.0574. The van der Waals surface area contributed by atoms with E-state index in [2.05, 4.69) is 5.32 Å². The fourth-order valence-corrected chi connectivity index (χ4v) is 3.32. The highest BCUT2D eigenvalue weighted by Gasteiger charge is 2.29. The molecule has 3 N–H and O–H groups in total. The molecule has 0 bridgehead atoms. The van der Waals surface area contributed by atoms with Crippen LogP contribution in [0.25, 0.3) is 0 Å². The number of fused-ring (bicyclic) bond motifs is 1. The van der Waals surface area contributed by atoms with Crippen LogP contribution in [0.2, 0.25) is 0 Å². The second-order valence-corrected chi connectivity index (χ2v) is 6.57. The van der Waals surface area contributed by atoms with E-state index in [0.29, 0.717) is 12.3 Å². The average molecular weight is 345 g/mol. The Balaban J connectivity index is 1.60. The summed E-state index contributed by atoms with van der Waals surface area (Å²) < 4.78 is 5.59. The molecule has 0 saturated carbocycles. The first-order valence-electron chi connectivity index (χ1n) is 7.72. The lowest BCUT2D eigenvalue weighted by atomic mass is 10.2. The Morgan fingerprint density at radius 2 is 2.12 bits per heavy atom. The van der Waals surface area contributed by atoms with Crippen LogP contribution in [0.3, 0.4) is 0 Å². The summed E-state index contributed by atoms with van der Waals surface area (Å²) in [6.07, 6.45) is 0.0614. The van der Waals surface area contributed by atoms with Gasteiger partial charge < -0.3 is 20.7 Å². The zero-order valence-corrected chi connectivity index (χ0v) is 13.9. The van der Waals surface area contributed by atoms with E-state index >= 15 is 0 Å². The Bertz CT molecular complexity index is 718. The summed E-state index contributed by atoms with van der Waals surface area (Å²) in [7, 11) is 0. The molecule has 2 amide bonds. The molecule has 0 spiro atoms. The molecule has 126 valence electrons. The summed E-state index contributed by atoms with van der Waals surface area (Å²) in [5, 5.41) is 4.93. The third-order valence-corrected chi connectivity index (χ3v) is 4.72. The molecule has 3 rings (SSSR count). The molecule has 1 aliphatic heterocycles. The second kappa shape index (κ2) is 7.35. The van der Waals surface area contributed by atoms with Gasteiger partial charge in [-0.1, -0.05) is 18.2 Å². The number of hydrogen-bond donors (Lipinski definition) is 2. The fourth-order valence-electron chi connectivity index (χ4n) is 2.61. The van der Waals surface area contributed by atoms with Gasteiger partial charge in [0.1, 0.15) is 5.75 Å². The summed E-state index contributed by atoms with van der Waals surface area (Å²) in [6.45, 7) is 1.02. The van der Waals surface area contributed by atoms with E-state index in [9.17, 15) is 9.59 Å². The Hall–Kier alpha value is -2.54. The van der Waals surface area contributed by atoms with Crippen LogP contribution in [0.15, 0.2) is 41.8 Å². The van der Waals surface area contributed by atoms with Gasteiger partial charge in [0, 0.05) is 11.4 Å². The second-order valence-electron chi connectivity index (χ2n) is 5.54. The minimum atomic E-state index is -0.751. The van der Waals surface area contributed by atoms with Gasteiger partial charge in [0.2, 0.25) is 5.91 Å². The normalized spacial score (nSPS) is 16.2. The van der Waals surface area contributed by atoms with Crippen molar-refractivity contribution in [2.45, 2.75) is 12.5 Å². The van der Waals surface area contributed by atoms with E-state index in [4.69, 9.17) is 10.5 Å². The molecule has 1 atom stereocenters. The molecule has 1 aliphatic rings. The van der Waals surface area contributed by atoms with Crippen LogP contribution >= 0.6 is 11.3 Å². The SMILES string of the molecule is NC(=O)[C@@H]1CN(CC(=O)NCCc2cccs2)c2ccccc2O1. The molecule has 0 saturated heterocycles. The van der Waals surface area contributed by atoms with Gasteiger partial charge in [-0.3, -0.25) is 9.59 Å². The molecule has 0 fully saturated rings. The largest absolute Gasteiger partial charge is 0.477 e. The van der Waals surface area contributed by atoms with E-state index < -0.39 is 12.0 Å². The highest BCUT2D eigenvalue weighted by Crippen LogP contribution is 2.32. The number of para-hydroxylation sites is 2. The molecule has 2 aromatic rings. The quantitative estimate of drug-likeness (QED) is 0.823. The molecule has 7 heteroatoms. The van der Waals surface area contributed by atoms with Gasteiger partial charge in [-0.05, 0) is 30.0 Å². The van der Waals surface area contributed by atoms with Crippen LogP contribution in [-0.4, -0.2) is 37.6 Å². The maximum atomic E-state index is 12.2. The molecule has 1 aromatic carbocycles. The highest BCUT2D eigenvalue weighted by atomic mass is 32.1. The van der Waals surface area contributed by atoms with Crippen LogP contribution in [0.1, 0.15) is 4.88 Å². The van der Waals surface area contributed by atoms with Crippen molar-refractivity contribution in [2.24, 2.45) is 5.73 Å². The maximum absolute atomic E-state index is 12.2. The lowest BCUT2D eigenvalue weighted by molar-refractivity contribution is -0.125. The number of benzene rings is 1. The van der Waals surface area contributed by atoms with Crippen molar-refractivity contribution in [1.29, 1.82) is 0 Å². The third kappa shape index (κ3) is 3.86. The molecule has 24 heavy (non-hydrogen) atoms. The molecule has 0 unspecified atom stereocenters. The van der Waals surface area contributed by atoms with Crippen molar-refractivity contribution in [2.75, 3.05) is 24.5 Å². The number of thiophene rings is 1. The number of ether oxygens (including phenoxy) is 1. The summed E-state index contributed by atoms with van der Waals surface area (Å²) in [5.41, 5.74) is 6.16. The lowest BCUT2D eigenvalue weighted by Gasteiger charge is -2.34. The van der Waals surface area contributed by atoms with Crippen molar-refractivity contribution in [3.05, 3.63) is 46.7 Å². The Kier molecular flexibility index (Phi) is 5.00. The summed E-state index contributed by atoms with van der Waals surface area (Å²) in [6, 6.07) is 11.4. The van der Waals surface area contributed by atoms with Crippen LogP contribution in [0.4, 0.5) is 5.69 Å². The number of primary amides is 1. The van der Waals surface area contributed by atoms with Crippen LogP contribution in [-0.2, 0) is 16.0 Å². The van der Waals surface area contributed by atoms with Crippen LogP contribution in [0.5, 0.6) is 5.75 Å². The first-order chi connectivity index (χ1) is 11.6. The number of carbonyl (C=O) groups excluding carboxylic acids is 2. The highest BCUT2D eigenvalue weighted by molar-refractivity contribution is 7.09. The lowest BCUT2D eigenvalue weighted by Crippen LogP contribution is -2.50. The van der Waals surface area contributed by atoms with Crippen LogP contribution < -0.4 is 20.7 Å². The minimum Gasteiger partial charge on any atom is -0.477 e. The van der Waals surface area contributed by atoms with Gasteiger partial charge in [0.05, 0.1) is 18.8 Å². The van der Waals surface area contributed by atoms with Crippen LogP contribution in [0, 0.1) is 0 Å². The van der Waals surface area contributed by atoms with E-state index in [-0.39, 0.29) is 19.0 Å². The number of nitrogens with zero attached hydrogens (tertiary/aromatic N) is 1. The number of amides is 2. The van der Waals surface area contributed by atoms with E-state index in [1.165, 1.54) is 4.88 Å². The monoisotopic (exact) mass is 345 g/mol. The first kappa shape index (κ1) is 16.3. The molecule has 2 heterocycles. The van der Waals surface area contributed by atoms with Gasteiger partial charge in [-0.25, -0.2) is 0 Å². The van der Waals surface area contributed by atoms with Gasteiger partial charge in [-0.2, -0.15) is 0 Å². The zero-order valence-electron chi connectivity index (χ0n) is 13.1. The predicted molar refractivity (Wildman–Crippen MR) is 93.3 cm³/mol. The van der Waals surface area contributed by atoms with Gasteiger partial charge in [0.15, 0.2) is 6.10 Å². The minimum absolute atomic E-state index is 0.0912. The van der Waals surface area contributed by atoms with Crippen molar-refractivity contribution in [3.8, 4) is 5.75 Å². The summed E-state index contributed by atoms with van der Waals surface area (Å²) in [4.78, 5) is 26.8. The van der Waals surface area contributed by atoms with Crippen molar-refractivity contribution in [1.82, 2.24) is 5.32 Å². The van der Waals surface area contributed by atoms with Gasteiger partial charge in [-0.15, -0.1) is 11.3 Å². The number of rotatable bonds is 6. The van der Waals surface area contributed by atoms with Gasteiger partial charge >= 0.3 is 0 Å². The topological polar surface area (TPSA) is 84.7 Å². The molecular formula is C17H19N3O3S. The number of nitrogens with two attached hydrogens (primary N) is 1. The third-order valence-electron chi connectivity index (χ3n) is 3.79. The predicted octanol–water partition coefficient (Wildman–Crippen LogP) is 1.16. The number of nitrogens with one attached hydrogen (secondary N) is 1. The fraction of sp³-hybridized carbons (Fsp3) is 0.294. The van der Waals surface area contributed by atoms with Crippen molar-refractivity contribution < 1.29 is 14.3 Å². The standard InChI is InChI=1S/C17H19N3O3S/c18-17(22)15-10-20(13-5-1-2-6-14(13)23-15)11-16(21)19-8-7-12-4-3-9-24-12/h1-6,9,15H,7-8,10-11H2,(H2,18,22)(H,19,21)/t15-/m0/s1. The maximum Gasteiger partial charge on any atom is 0.260 e. The molecule has 1 aromatic heterocycles. The van der Waals surface area contributed by atoms with Crippen molar-refractivity contribution in [3.63, 3.8) is 0 Å². The van der Waals surface area contributed by atoms with Gasteiger partial charge in [0.25, 0.3) is 5.91 Å². The number of anilines is 1. The summed E-state index contributed by atoms with van der Waals surface area (Å²) >= 11 is 1.67. The Morgan fingerprint density at radius 1 is 1.29 bits per heavy atom. The molecule has 0 aliphatic carbocycles.